The normalized spacial score (nSPS) is 11.5. The molecule has 0 amide bonds. The Labute approximate surface area is 233 Å². The van der Waals surface area contributed by atoms with Gasteiger partial charge in [0.1, 0.15) is 0 Å². The Hall–Kier alpha value is -5.27. The summed E-state index contributed by atoms with van der Waals surface area (Å²) in [6, 6.07) is 52.4. The first-order chi connectivity index (χ1) is 19.8. The minimum atomic E-state index is 0.993. The van der Waals surface area contributed by atoms with Crippen molar-refractivity contribution < 1.29 is 0 Å². The molecule has 8 aromatic rings. The van der Waals surface area contributed by atoms with Crippen molar-refractivity contribution in [2.24, 2.45) is 0 Å². The van der Waals surface area contributed by atoms with Crippen LogP contribution in [-0.4, -0.2) is 4.98 Å². The standard InChI is InChI=1S/C39H25N/c1-2-10-30-23-38-36(24-31-11-4-6-14-34(31)37(38)22-29(30)9-1)28-18-16-26(17-19-28)32-20-21-39(40-25-32)35-15-7-12-27-8-3-5-13-33(27)35/h1-25H. The van der Waals surface area contributed by atoms with Gasteiger partial charge in [0, 0.05) is 17.3 Å². The monoisotopic (exact) mass is 507 g/mol. The first kappa shape index (κ1) is 22.7. The molecule has 7 aromatic carbocycles. The molecular formula is C39H25N. The summed E-state index contributed by atoms with van der Waals surface area (Å²) in [4.78, 5) is 4.86. The van der Waals surface area contributed by atoms with Crippen LogP contribution in [0.3, 0.4) is 0 Å². The molecule has 0 bridgehead atoms. The third-order valence-corrected chi connectivity index (χ3v) is 8.09. The molecule has 8 rings (SSSR count). The third-order valence-electron chi connectivity index (χ3n) is 8.09. The molecule has 1 aromatic heterocycles. The van der Waals surface area contributed by atoms with E-state index >= 15 is 0 Å². The average molecular weight is 508 g/mol. The van der Waals surface area contributed by atoms with Crippen LogP contribution in [0.2, 0.25) is 0 Å². The van der Waals surface area contributed by atoms with Gasteiger partial charge in [0.05, 0.1) is 5.69 Å². The van der Waals surface area contributed by atoms with Gasteiger partial charge in [0.15, 0.2) is 0 Å². The molecule has 0 spiro atoms. The minimum absolute atomic E-state index is 0.993. The van der Waals surface area contributed by atoms with Crippen LogP contribution in [0, 0.1) is 0 Å². The van der Waals surface area contributed by atoms with Gasteiger partial charge < -0.3 is 0 Å². The summed E-state index contributed by atoms with van der Waals surface area (Å²) in [7, 11) is 0. The quantitative estimate of drug-likeness (QED) is 0.171. The largest absolute Gasteiger partial charge is 0.256 e. The van der Waals surface area contributed by atoms with Crippen LogP contribution in [-0.2, 0) is 0 Å². The van der Waals surface area contributed by atoms with Crippen molar-refractivity contribution in [1.82, 2.24) is 4.98 Å². The van der Waals surface area contributed by atoms with Crippen LogP contribution in [0.25, 0.3) is 76.6 Å². The van der Waals surface area contributed by atoms with Crippen LogP contribution in [0.1, 0.15) is 0 Å². The van der Waals surface area contributed by atoms with Gasteiger partial charge in [0.2, 0.25) is 0 Å². The highest BCUT2D eigenvalue weighted by Crippen LogP contribution is 2.38. The summed E-state index contributed by atoms with van der Waals surface area (Å²) < 4.78 is 0. The maximum absolute atomic E-state index is 4.86. The van der Waals surface area contributed by atoms with Crippen molar-refractivity contribution >= 4 is 43.1 Å². The maximum atomic E-state index is 4.86. The summed E-state index contributed by atoms with van der Waals surface area (Å²) in [5.41, 5.74) is 6.91. The number of nitrogens with zero attached hydrogens (tertiary/aromatic N) is 1. The molecule has 0 aliphatic rings. The Balaban J connectivity index is 1.20. The lowest BCUT2D eigenvalue weighted by Gasteiger charge is -2.13. The lowest BCUT2D eigenvalue weighted by Crippen LogP contribution is -1.88. The van der Waals surface area contributed by atoms with Crippen LogP contribution in [0.15, 0.2) is 152 Å². The second kappa shape index (κ2) is 9.18. The Morgan fingerprint density at radius 3 is 1.68 bits per heavy atom. The summed E-state index contributed by atoms with van der Waals surface area (Å²) in [5, 5.41) is 10.1. The Morgan fingerprint density at radius 2 is 0.925 bits per heavy atom. The second-order valence-corrected chi connectivity index (χ2v) is 10.4. The van der Waals surface area contributed by atoms with Gasteiger partial charge in [-0.2, -0.15) is 0 Å². The summed E-state index contributed by atoms with van der Waals surface area (Å²) in [6.45, 7) is 0. The molecule has 1 nitrogen and oxygen atoms in total. The molecule has 0 fully saturated rings. The van der Waals surface area contributed by atoms with E-state index in [1.807, 2.05) is 6.20 Å². The van der Waals surface area contributed by atoms with Crippen molar-refractivity contribution in [3.05, 3.63) is 152 Å². The van der Waals surface area contributed by atoms with Gasteiger partial charge in [-0.05, 0) is 84.0 Å². The minimum Gasteiger partial charge on any atom is -0.256 e. The molecule has 1 heterocycles. The van der Waals surface area contributed by atoms with Crippen molar-refractivity contribution in [2.75, 3.05) is 0 Å². The highest BCUT2D eigenvalue weighted by molar-refractivity contribution is 6.17. The third kappa shape index (κ3) is 3.75. The predicted molar refractivity (Wildman–Crippen MR) is 171 cm³/mol. The van der Waals surface area contributed by atoms with Crippen LogP contribution >= 0.6 is 0 Å². The maximum Gasteiger partial charge on any atom is 0.0708 e. The predicted octanol–water partition coefficient (Wildman–Crippen LogP) is 10.7. The van der Waals surface area contributed by atoms with E-state index in [0.717, 1.165) is 22.4 Å². The molecule has 0 radical (unpaired) electrons. The number of aromatic nitrogens is 1. The van der Waals surface area contributed by atoms with Gasteiger partial charge in [-0.15, -0.1) is 0 Å². The molecule has 186 valence electrons. The fourth-order valence-corrected chi connectivity index (χ4v) is 6.04. The summed E-state index contributed by atoms with van der Waals surface area (Å²) >= 11 is 0. The van der Waals surface area contributed by atoms with Crippen molar-refractivity contribution in [1.29, 1.82) is 0 Å². The molecule has 1 heteroatoms. The fraction of sp³-hybridized carbons (Fsp3) is 0. The molecule has 0 aliphatic carbocycles. The van der Waals surface area contributed by atoms with Crippen molar-refractivity contribution in [3.8, 4) is 33.5 Å². The van der Waals surface area contributed by atoms with Crippen molar-refractivity contribution in [3.63, 3.8) is 0 Å². The second-order valence-electron chi connectivity index (χ2n) is 10.4. The van der Waals surface area contributed by atoms with Crippen LogP contribution < -0.4 is 0 Å². The zero-order chi connectivity index (χ0) is 26.5. The number of benzene rings is 7. The first-order valence-electron chi connectivity index (χ1n) is 13.7. The molecule has 0 unspecified atom stereocenters. The van der Waals surface area contributed by atoms with Crippen LogP contribution in [0.4, 0.5) is 0 Å². The van der Waals surface area contributed by atoms with E-state index in [0.29, 0.717) is 0 Å². The molecule has 40 heavy (non-hydrogen) atoms. The average Bonchev–Trinajstić information content (AvgIpc) is 3.03. The number of fused-ring (bicyclic) bond motifs is 5. The smallest absolute Gasteiger partial charge is 0.0708 e. The van der Waals surface area contributed by atoms with Crippen molar-refractivity contribution in [2.45, 2.75) is 0 Å². The first-order valence-corrected chi connectivity index (χ1v) is 13.7. The molecule has 0 aliphatic heterocycles. The molecule has 0 saturated heterocycles. The summed E-state index contributed by atoms with van der Waals surface area (Å²) in [5.74, 6) is 0. The van der Waals surface area contributed by atoms with Gasteiger partial charge in [-0.3, -0.25) is 4.98 Å². The Morgan fingerprint density at radius 1 is 0.325 bits per heavy atom. The number of rotatable bonds is 3. The van der Waals surface area contributed by atoms with Gasteiger partial charge >= 0.3 is 0 Å². The molecule has 0 N–H and O–H groups in total. The number of pyridine rings is 1. The van der Waals surface area contributed by atoms with E-state index in [2.05, 4.69) is 146 Å². The lowest BCUT2D eigenvalue weighted by molar-refractivity contribution is 1.33. The number of hydrogen-bond donors (Lipinski definition) is 0. The zero-order valence-corrected chi connectivity index (χ0v) is 21.9. The lowest BCUT2D eigenvalue weighted by atomic mass is 9.91. The van der Waals surface area contributed by atoms with Gasteiger partial charge in [-0.25, -0.2) is 0 Å². The molecule has 0 atom stereocenters. The molecular weight excluding hydrogens is 482 g/mol. The summed E-state index contributed by atoms with van der Waals surface area (Å²) in [6.07, 6.45) is 1.99. The topological polar surface area (TPSA) is 12.9 Å². The van der Waals surface area contributed by atoms with E-state index in [1.165, 1.54) is 54.2 Å². The van der Waals surface area contributed by atoms with E-state index < -0.39 is 0 Å². The SMILES string of the molecule is c1ccc2cc3c(cc2c1)c(-c1ccc(-c2ccc(-c4cccc5ccccc45)nc2)cc1)cc1ccccc13. The highest BCUT2D eigenvalue weighted by atomic mass is 14.7. The Bertz CT molecular complexity index is 2180. The fourth-order valence-electron chi connectivity index (χ4n) is 6.04. The highest BCUT2D eigenvalue weighted by Gasteiger charge is 2.11. The van der Waals surface area contributed by atoms with Crippen LogP contribution in [0.5, 0.6) is 0 Å². The van der Waals surface area contributed by atoms with E-state index in [4.69, 9.17) is 4.98 Å². The number of hydrogen-bond acceptors (Lipinski definition) is 1. The zero-order valence-electron chi connectivity index (χ0n) is 21.9. The van der Waals surface area contributed by atoms with Gasteiger partial charge in [0.25, 0.3) is 0 Å². The van der Waals surface area contributed by atoms with E-state index in [9.17, 15) is 0 Å². The van der Waals surface area contributed by atoms with E-state index in [-0.39, 0.29) is 0 Å². The Kier molecular flexibility index (Phi) is 5.21. The van der Waals surface area contributed by atoms with E-state index in [1.54, 1.807) is 0 Å². The molecule has 0 saturated carbocycles. The van der Waals surface area contributed by atoms with Gasteiger partial charge in [-0.1, -0.05) is 121 Å².